The van der Waals surface area contributed by atoms with Gasteiger partial charge >= 0.3 is 0 Å². The third kappa shape index (κ3) is 3.90. The van der Waals surface area contributed by atoms with E-state index in [2.05, 4.69) is 26.7 Å². The summed E-state index contributed by atoms with van der Waals surface area (Å²) in [4.78, 5) is 0. The summed E-state index contributed by atoms with van der Waals surface area (Å²) in [7, 11) is 0. The molecule has 2 heterocycles. The number of anilines is 1. The Balaban J connectivity index is 1.45. The van der Waals surface area contributed by atoms with E-state index in [1.165, 1.54) is 0 Å². The van der Waals surface area contributed by atoms with Crippen LogP contribution in [0.3, 0.4) is 0 Å². The first kappa shape index (κ1) is 17.8. The van der Waals surface area contributed by atoms with Gasteiger partial charge in [0.05, 0.1) is 11.4 Å². The van der Waals surface area contributed by atoms with Crippen LogP contribution in [-0.2, 0) is 13.0 Å². The van der Waals surface area contributed by atoms with E-state index < -0.39 is 0 Å². The number of nitrogens with one attached hydrogen (secondary N) is 2. The second-order valence-corrected chi connectivity index (χ2v) is 6.75. The minimum atomic E-state index is 0.521. The molecule has 0 unspecified atom stereocenters. The molecule has 0 amide bonds. The summed E-state index contributed by atoms with van der Waals surface area (Å²) in [5, 5.41) is 24.9. The Morgan fingerprint density at radius 2 is 1.96 bits per heavy atom. The second-order valence-electron chi connectivity index (χ2n) is 6.31. The quantitative estimate of drug-likeness (QED) is 0.515. The van der Waals surface area contributed by atoms with Crippen LogP contribution in [0, 0.1) is 11.3 Å². The van der Waals surface area contributed by atoms with E-state index in [4.69, 9.17) is 11.6 Å². The van der Waals surface area contributed by atoms with E-state index in [1.807, 2.05) is 60.8 Å². The molecule has 0 atom stereocenters. The lowest BCUT2D eigenvalue weighted by atomic mass is 10.1. The van der Waals surface area contributed by atoms with Gasteiger partial charge in [-0.2, -0.15) is 15.5 Å². The number of aromatic amines is 1. The van der Waals surface area contributed by atoms with E-state index >= 15 is 0 Å². The zero-order chi connectivity index (χ0) is 19.3. The molecule has 0 radical (unpaired) electrons. The average Bonchev–Trinajstić information content (AvgIpc) is 3.37. The first-order chi connectivity index (χ1) is 13.7. The number of hydrogen-bond acceptors (Lipinski definition) is 4. The Morgan fingerprint density at radius 1 is 1.11 bits per heavy atom. The van der Waals surface area contributed by atoms with Crippen LogP contribution in [0.5, 0.6) is 0 Å². The van der Waals surface area contributed by atoms with Crippen LogP contribution >= 0.6 is 11.6 Å². The molecular weight excluding hydrogens is 372 g/mol. The van der Waals surface area contributed by atoms with Gasteiger partial charge in [-0.1, -0.05) is 35.9 Å². The van der Waals surface area contributed by atoms with Gasteiger partial charge in [0.15, 0.2) is 5.82 Å². The Morgan fingerprint density at radius 3 is 2.68 bits per heavy atom. The number of aromatic nitrogens is 4. The van der Waals surface area contributed by atoms with Crippen molar-refractivity contribution in [3.63, 3.8) is 0 Å². The molecule has 0 aliphatic carbocycles. The predicted octanol–water partition coefficient (Wildman–Crippen LogP) is 4.32. The fraction of sp³-hybridized carbons (Fsp3) is 0.0952. The minimum absolute atomic E-state index is 0.521. The minimum Gasteiger partial charge on any atom is -0.363 e. The van der Waals surface area contributed by atoms with Crippen molar-refractivity contribution in [3.05, 3.63) is 94.4 Å². The zero-order valence-corrected chi connectivity index (χ0v) is 15.7. The van der Waals surface area contributed by atoms with E-state index in [9.17, 15) is 5.26 Å². The van der Waals surface area contributed by atoms with Gasteiger partial charge in [-0.15, -0.1) is 0 Å². The van der Waals surface area contributed by atoms with Crippen molar-refractivity contribution in [2.75, 3.05) is 5.32 Å². The number of hydrogen-bond donors (Lipinski definition) is 2. The fourth-order valence-corrected chi connectivity index (χ4v) is 3.19. The molecule has 2 aromatic carbocycles. The summed E-state index contributed by atoms with van der Waals surface area (Å²) in [6.07, 6.45) is 4.21. The molecular formula is C21H17ClN6. The molecule has 0 saturated heterocycles. The van der Waals surface area contributed by atoms with Gasteiger partial charge in [-0.25, -0.2) is 4.68 Å². The van der Waals surface area contributed by atoms with E-state index in [-0.39, 0.29) is 0 Å². The number of nitriles is 1. The van der Waals surface area contributed by atoms with Crippen molar-refractivity contribution < 1.29 is 0 Å². The summed E-state index contributed by atoms with van der Waals surface area (Å²) in [6, 6.07) is 19.8. The van der Waals surface area contributed by atoms with Gasteiger partial charge in [-0.05, 0) is 41.5 Å². The fourth-order valence-electron chi connectivity index (χ4n) is 2.98. The Hall–Kier alpha value is -3.56. The van der Waals surface area contributed by atoms with E-state index in [0.717, 1.165) is 22.5 Å². The molecule has 28 heavy (non-hydrogen) atoms. The van der Waals surface area contributed by atoms with Gasteiger partial charge in [-0.3, -0.25) is 5.10 Å². The molecule has 138 valence electrons. The molecule has 7 heteroatoms. The van der Waals surface area contributed by atoms with Gasteiger partial charge in [0, 0.05) is 30.4 Å². The van der Waals surface area contributed by atoms with Crippen molar-refractivity contribution in [2.45, 2.75) is 13.0 Å². The highest BCUT2D eigenvalue weighted by Crippen LogP contribution is 2.21. The monoisotopic (exact) mass is 388 g/mol. The number of rotatable bonds is 6. The van der Waals surface area contributed by atoms with Crippen LogP contribution in [0.25, 0.3) is 5.69 Å². The maximum Gasteiger partial charge on any atom is 0.166 e. The molecule has 2 aromatic heterocycles. The van der Waals surface area contributed by atoms with Crippen LogP contribution in [0.2, 0.25) is 5.02 Å². The molecule has 2 N–H and O–H groups in total. The molecule has 0 saturated carbocycles. The van der Waals surface area contributed by atoms with Crippen LogP contribution in [0.4, 0.5) is 5.82 Å². The maximum atomic E-state index is 9.57. The summed E-state index contributed by atoms with van der Waals surface area (Å²) in [5.41, 5.74) is 4.39. The highest BCUT2D eigenvalue weighted by atomic mass is 35.5. The van der Waals surface area contributed by atoms with E-state index in [0.29, 0.717) is 29.4 Å². The third-order valence-electron chi connectivity index (χ3n) is 4.39. The lowest BCUT2D eigenvalue weighted by Crippen LogP contribution is -2.02. The van der Waals surface area contributed by atoms with Crippen LogP contribution in [0.15, 0.2) is 67.0 Å². The standard InChI is InChI=1S/C21H17ClN6/c22-17-4-1-3-16(11-17)12-20-19(13-23)21(27-26-20)24-14-15-5-7-18(8-6-15)28-10-2-9-25-28/h1-11H,12,14H2,(H2,24,26,27). The second kappa shape index (κ2) is 7.99. The number of nitrogens with zero attached hydrogens (tertiary/aromatic N) is 4. The van der Waals surface area contributed by atoms with Crippen molar-refractivity contribution in [1.82, 2.24) is 20.0 Å². The summed E-state index contributed by atoms with van der Waals surface area (Å²) in [5.74, 6) is 0.552. The summed E-state index contributed by atoms with van der Waals surface area (Å²) >= 11 is 6.04. The maximum absolute atomic E-state index is 9.57. The van der Waals surface area contributed by atoms with Crippen molar-refractivity contribution in [2.24, 2.45) is 0 Å². The topological polar surface area (TPSA) is 82.3 Å². The average molecular weight is 389 g/mol. The largest absolute Gasteiger partial charge is 0.363 e. The van der Waals surface area contributed by atoms with Crippen molar-refractivity contribution in [1.29, 1.82) is 5.26 Å². The molecule has 6 nitrogen and oxygen atoms in total. The van der Waals surface area contributed by atoms with Crippen molar-refractivity contribution in [3.8, 4) is 11.8 Å². The molecule has 0 spiro atoms. The number of benzene rings is 2. The van der Waals surface area contributed by atoms with Gasteiger partial charge in [0.1, 0.15) is 11.6 Å². The smallest absolute Gasteiger partial charge is 0.166 e. The highest BCUT2D eigenvalue weighted by molar-refractivity contribution is 6.30. The first-order valence-electron chi connectivity index (χ1n) is 8.77. The normalized spacial score (nSPS) is 10.6. The van der Waals surface area contributed by atoms with Gasteiger partial charge in [0.25, 0.3) is 0 Å². The molecule has 0 aliphatic heterocycles. The third-order valence-corrected chi connectivity index (χ3v) is 4.62. The predicted molar refractivity (Wildman–Crippen MR) is 108 cm³/mol. The zero-order valence-electron chi connectivity index (χ0n) is 14.9. The van der Waals surface area contributed by atoms with Crippen LogP contribution in [-0.4, -0.2) is 20.0 Å². The lowest BCUT2D eigenvalue weighted by Gasteiger charge is -2.06. The molecule has 0 aliphatic rings. The number of halogens is 1. The first-order valence-corrected chi connectivity index (χ1v) is 9.15. The van der Waals surface area contributed by atoms with E-state index in [1.54, 1.807) is 10.9 Å². The number of H-pyrrole nitrogens is 1. The molecule has 0 fully saturated rings. The Bertz CT molecular complexity index is 1110. The Kier molecular flexibility index (Phi) is 5.09. The molecule has 4 aromatic rings. The molecule has 0 bridgehead atoms. The summed E-state index contributed by atoms with van der Waals surface area (Å²) in [6.45, 7) is 0.565. The van der Waals surface area contributed by atoms with Crippen LogP contribution in [0.1, 0.15) is 22.4 Å². The Labute approximate surface area is 167 Å². The summed E-state index contributed by atoms with van der Waals surface area (Å²) < 4.78 is 1.81. The SMILES string of the molecule is N#Cc1c(NCc2ccc(-n3cccn3)cc2)n[nH]c1Cc1cccc(Cl)c1. The van der Waals surface area contributed by atoms with Crippen molar-refractivity contribution >= 4 is 17.4 Å². The van der Waals surface area contributed by atoms with Crippen LogP contribution < -0.4 is 5.32 Å². The molecule has 4 rings (SSSR count). The van der Waals surface area contributed by atoms with Gasteiger partial charge < -0.3 is 5.32 Å². The highest BCUT2D eigenvalue weighted by Gasteiger charge is 2.13. The van der Waals surface area contributed by atoms with Gasteiger partial charge in [0.2, 0.25) is 0 Å². The lowest BCUT2D eigenvalue weighted by molar-refractivity contribution is 0.879.